The molecule has 666 valence electrons. The predicted octanol–water partition coefficient (Wildman–Crippen LogP) is 19.3. The van der Waals surface area contributed by atoms with Crippen molar-refractivity contribution in [3.8, 4) is 28.5 Å². The molecule has 0 spiro atoms. The average molecular weight is 1830 g/mol. The van der Waals surface area contributed by atoms with Gasteiger partial charge in [0.2, 0.25) is 0 Å². The maximum absolute atomic E-state index is 14.1. The third-order valence-electron chi connectivity index (χ3n) is 21.1. The number of fused-ring (bicyclic) bond motifs is 5. The Hall–Kier alpha value is -13.8. The van der Waals surface area contributed by atoms with Crippen LogP contribution in [0.25, 0.3) is 66.4 Å². The lowest BCUT2D eigenvalue weighted by Crippen LogP contribution is -2.32. The molecule has 129 heavy (non-hydrogen) atoms. The zero-order valence-electron chi connectivity index (χ0n) is 72.5. The number of nitrogens with two attached hydrogens (primary N) is 1. The van der Waals surface area contributed by atoms with E-state index < -0.39 is 69.2 Å². The average Bonchev–Trinajstić information content (AvgIpc) is 1.34. The standard InChI is InChI=1S/C24H24F2N4O2S.C24H24N4O3S.C23H22F2N4O2S.C23H23N5O3S/c1-23(2,3)16-10-12-17(13-11-16)33(31,32)29-22-15-21(24(4,25)26)28-30(22)20-9-5-8-19-18(20)7-6-14-27-19;1-16-14-23(28(26-16)21-8-4-7-20-19(21)6-5-13-25-20)27-32(29,30)18-9-10-22-17(15-18)11-12-24(2,3)31-22;1-15(2)16-9-11-17(12-10-16)32(30,31)28-22-14-21(23(3,24)25)27-29(22)20-8-4-7-19-18(20)6-5-13-26-19;1-23(2,3)15-9-11-16(12-10-15)32(30,31)27-21-14-19(22(24)29)26-28(21)20-8-4-7-18-17(20)6-5-13-25-18/h5-15,29H,1-4H3;4-10,13-15,27H,11-12H2,1-3H3;4-15,28H,1-3H3;4-14,27H,1-3H3,(H2,24,29). The molecule has 0 atom stereocenters. The number of aromatic nitrogens is 12. The zero-order chi connectivity index (χ0) is 92.7. The number of hydrogen-bond acceptors (Lipinski definition) is 18. The highest BCUT2D eigenvalue weighted by atomic mass is 32.2. The second-order valence-electron chi connectivity index (χ2n) is 33.9. The highest BCUT2D eigenvalue weighted by Gasteiger charge is 2.35. The van der Waals surface area contributed by atoms with Crippen LogP contribution in [-0.4, -0.2) is 104 Å². The van der Waals surface area contributed by atoms with Gasteiger partial charge in [0.1, 0.15) is 46.0 Å². The van der Waals surface area contributed by atoms with Crippen LogP contribution in [0.15, 0.2) is 281 Å². The number of benzene rings is 8. The van der Waals surface area contributed by atoms with Gasteiger partial charge >= 0.3 is 0 Å². The monoisotopic (exact) mass is 1820 g/mol. The molecule has 16 aromatic rings. The lowest BCUT2D eigenvalue weighted by atomic mass is 9.87. The summed E-state index contributed by atoms with van der Waals surface area (Å²) in [7, 11) is -15.9. The molecule has 0 bridgehead atoms. The molecule has 8 aromatic carbocycles. The molecule has 0 aliphatic carbocycles. The van der Waals surface area contributed by atoms with Gasteiger partial charge in [0.05, 0.1) is 70.1 Å². The van der Waals surface area contributed by atoms with Crippen LogP contribution in [-0.2, 0) is 69.2 Å². The Kier molecular flexibility index (Phi) is 25.1. The first kappa shape index (κ1) is 91.4. The minimum absolute atomic E-state index is 0.0210. The molecule has 8 aromatic heterocycles. The Morgan fingerprint density at radius 1 is 0.411 bits per heavy atom. The van der Waals surface area contributed by atoms with Crippen LogP contribution in [0, 0.1) is 6.92 Å². The van der Waals surface area contributed by atoms with Crippen LogP contribution < -0.4 is 29.4 Å². The summed E-state index contributed by atoms with van der Waals surface area (Å²) >= 11 is 0. The molecule has 0 unspecified atom stereocenters. The molecule has 9 heterocycles. The van der Waals surface area contributed by atoms with E-state index in [2.05, 4.69) is 80.0 Å². The van der Waals surface area contributed by atoms with Gasteiger partial charge in [0.15, 0.2) is 5.69 Å². The van der Waals surface area contributed by atoms with Crippen LogP contribution in [0.4, 0.5) is 40.8 Å². The zero-order valence-corrected chi connectivity index (χ0v) is 75.8. The van der Waals surface area contributed by atoms with Crippen molar-refractivity contribution in [1.82, 2.24) is 59.1 Å². The Balaban J connectivity index is 0.000000139. The first-order valence-electron chi connectivity index (χ1n) is 40.7. The molecule has 35 heteroatoms. The summed E-state index contributed by atoms with van der Waals surface area (Å²) in [6.45, 7) is 23.6. The minimum atomic E-state index is -4.06. The number of rotatable bonds is 20. The Morgan fingerprint density at radius 2 is 0.736 bits per heavy atom. The van der Waals surface area contributed by atoms with Crippen LogP contribution in [0.3, 0.4) is 0 Å². The highest BCUT2D eigenvalue weighted by molar-refractivity contribution is 7.93. The smallest absolute Gasteiger partial charge is 0.288 e. The Morgan fingerprint density at radius 3 is 1.09 bits per heavy atom. The number of carbonyl (C=O) groups excluding carboxylic acids is 1. The fourth-order valence-electron chi connectivity index (χ4n) is 14.2. The molecule has 0 saturated carbocycles. The van der Waals surface area contributed by atoms with E-state index in [4.69, 9.17) is 10.5 Å². The number of nitrogens with zero attached hydrogens (tertiary/aromatic N) is 12. The first-order chi connectivity index (χ1) is 60.7. The number of aryl methyl sites for hydroxylation is 2. The summed E-state index contributed by atoms with van der Waals surface area (Å²) in [5, 5.41) is 19.8. The van der Waals surface area contributed by atoms with Crippen molar-refractivity contribution in [2.45, 2.75) is 157 Å². The molecule has 6 N–H and O–H groups in total. The fraction of sp³-hybridized carbons (Fsp3) is 0.223. The van der Waals surface area contributed by atoms with Gasteiger partial charge in [-0.1, -0.05) is 116 Å². The molecule has 1 aliphatic rings. The van der Waals surface area contributed by atoms with Crippen molar-refractivity contribution in [3.05, 3.63) is 306 Å². The van der Waals surface area contributed by atoms with E-state index >= 15 is 0 Å². The third kappa shape index (κ3) is 20.6. The van der Waals surface area contributed by atoms with E-state index in [-0.39, 0.29) is 65.1 Å². The van der Waals surface area contributed by atoms with E-state index in [0.717, 1.165) is 75.0 Å². The van der Waals surface area contributed by atoms with Gasteiger partial charge in [-0.3, -0.25) is 43.6 Å². The van der Waals surface area contributed by atoms with E-state index in [9.17, 15) is 56.0 Å². The second kappa shape index (κ2) is 35.5. The molecular formula is C94H93F4N17O10S4. The molecular weight excluding hydrogens is 1730 g/mol. The second-order valence-corrected chi connectivity index (χ2v) is 40.6. The van der Waals surface area contributed by atoms with Crippen molar-refractivity contribution in [3.63, 3.8) is 0 Å². The normalized spacial score (nSPS) is 13.1. The number of ether oxygens (including phenoxy) is 1. The van der Waals surface area contributed by atoms with Gasteiger partial charge in [0, 0.05) is 84.4 Å². The molecule has 0 saturated heterocycles. The lowest BCUT2D eigenvalue weighted by molar-refractivity contribution is 0.0118. The summed E-state index contributed by atoms with van der Waals surface area (Å²) in [6, 6.07) is 65.5. The van der Waals surface area contributed by atoms with Gasteiger partial charge in [-0.2, -0.15) is 38.0 Å². The number of carbonyl (C=O) groups is 1. The number of nitrogens with one attached hydrogen (secondary N) is 4. The number of alkyl halides is 4. The number of halogens is 4. The summed E-state index contributed by atoms with van der Waals surface area (Å²) in [5.74, 6) is -6.02. The van der Waals surface area contributed by atoms with Crippen molar-refractivity contribution in [2.75, 3.05) is 18.9 Å². The number of primary amides is 1. The molecule has 1 amide bonds. The first-order valence-corrected chi connectivity index (χ1v) is 46.7. The molecule has 0 radical (unpaired) electrons. The van der Waals surface area contributed by atoms with Crippen LogP contribution in [0.5, 0.6) is 5.75 Å². The van der Waals surface area contributed by atoms with Gasteiger partial charge < -0.3 is 10.5 Å². The molecule has 27 nitrogen and oxygen atoms in total. The van der Waals surface area contributed by atoms with Gasteiger partial charge in [-0.15, -0.1) is 0 Å². The number of anilines is 4. The van der Waals surface area contributed by atoms with Gasteiger partial charge in [0.25, 0.3) is 57.8 Å². The third-order valence-corrected chi connectivity index (χ3v) is 26.6. The van der Waals surface area contributed by atoms with E-state index in [1.54, 1.807) is 181 Å². The Bertz CT molecular complexity index is 7390. The van der Waals surface area contributed by atoms with Crippen LogP contribution in [0.1, 0.15) is 145 Å². The molecule has 17 rings (SSSR count). The highest BCUT2D eigenvalue weighted by Crippen LogP contribution is 2.39. The van der Waals surface area contributed by atoms with Crippen molar-refractivity contribution in [2.24, 2.45) is 5.73 Å². The van der Waals surface area contributed by atoms with Gasteiger partial charge in [-0.05, 0) is 224 Å². The number of pyridine rings is 4. The summed E-state index contributed by atoms with van der Waals surface area (Å²) in [4.78, 5) is 29.4. The summed E-state index contributed by atoms with van der Waals surface area (Å²) in [6.07, 6.45) is 8.22. The number of sulfonamides is 4. The van der Waals surface area contributed by atoms with Gasteiger partial charge in [-0.25, -0.2) is 52.4 Å². The lowest BCUT2D eigenvalue weighted by Gasteiger charge is -2.32. The van der Waals surface area contributed by atoms with Crippen molar-refractivity contribution in [1.29, 1.82) is 0 Å². The summed E-state index contributed by atoms with van der Waals surface area (Å²) < 4.78 is 183. The van der Waals surface area contributed by atoms with Crippen LogP contribution >= 0.6 is 0 Å². The van der Waals surface area contributed by atoms with Crippen LogP contribution in [0.2, 0.25) is 0 Å². The molecule has 1 aliphatic heterocycles. The van der Waals surface area contributed by atoms with E-state index in [1.807, 2.05) is 97.9 Å². The largest absolute Gasteiger partial charge is 0.488 e. The Labute approximate surface area is 744 Å². The molecule has 0 fully saturated rings. The van der Waals surface area contributed by atoms with Crippen molar-refractivity contribution >= 4 is 113 Å². The topological polar surface area (TPSA) is 360 Å². The fourth-order valence-corrected chi connectivity index (χ4v) is 18.4. The minimum Gasteiger partial charge on any atom is -0.488 e. The maximum Gasteiger partial charge on any atom is 0.288 e. The van der Waals surface area contributed by atoms with E-state index in [0.29, 0.717) is 69.7 Å². The predicted molar refractivity (Wildman–Crippen MR) is 491 cm³/mol. The number of amides is 1. The van der Waals surface area contributed by atoms with E-state index in [1.165, 1.54) is 44.4 Å². The number of hydrogen-bond donors (Lipinski definition) is 5. The maximum atomic E-state index is 14.1. The quantitative estimate of drug-likeness (QED) is 0.0442. The summed E-state index contributed by atoms with van der Waals surface area (Å²) in [5.41, 5.74) is 13.3. The SMILES string of the molecule is CC(C)(C)c1ccc(S(=O)(=O)Nc2cc(C(C)(F)F)nn2-c2cccc3ncccc23)cc1.CC(C)(C)c1ccc(S(=O)(=O)Nc2cc(C(N)=O)nn2-c2cccc3ncccc23)cc1.CC(C)c1ccc(S(=O)(=O)Nc2cc(C(C)(F)F)nn2-c2cccc3ncccc23)cc1.Cc1cc(NS(=O)(=O)c2ccc3c(c2)CCC(C)(C)O3)n(-c2cccc3ncccc23)n1. The van der Waals surface area contributed by atoms with Crippen molar-refractivity contribution < 1.29 is 60.8 Å².